The van der Waals surface area contributed by atoms with Crippen molar-refractivity contribution in [2.45, 2.75) is 24.7 Å². The number of carbonyl (C=O) groups is 1. The molecule has 0 fully saturated rings. The third-order valence-electron chi connectivity index (χ3n) is 2.53. The third-order valence-corrected chi connectivity index (χ3v) is 3.99. The molecule has 19 heavy (non-hydrogen) atoms. The topological polar surface area (TPSA) is 92.7 Å². The second-order valence-corrected chi connectivity index (χ2v) is 5.69. The van der Waals surface area contributed by atoms with Gasteiger partial charge in [0.2, 0.25) is 10.0 Å². The van der Waals surface area contributed by atoms with Crippen LogP contribution in [0.1, 0.15) is 30.1 Å². The first-order valence-electron chi connectivity index (χ1n) is 5.83. The van der Waals surface area contributed by atoms with Gasteiger partial charge in [0.25, 0.3) is 0 Å². The first kappa shape index (κ1) is 15.5. The second kappa shape index (κ2) is 6.53. The van der Waals surface area contributed by atoms with Gasteiger partial charge in [-0.15, -0.1) is 0 Å². The number of sulfonamides is 1. The zero-order valence-corrected chi connectivity index (χ0v) is 11.7. The highest BCUT2D eigenvalue weighted by molar-refractivity contribution is 7.89. The average molecular weight is 287 g/mol. The minimum absolute atomic E-state index is 0.0817. The quantitative estimate of drug-likeness (QED) is 0.741. The van der Waals surface area contributed by atoms with E-state index in [4.69, 9.17) is 9.84 Å². The van der Waals surface area contributed by atoms with Crippen LogP contribution in [0.25, 0.3) is 0 Å². The van der Waals surface area contributed by atoms with Crippen molar-refractivity contribution < 1.29 is 23.1 Å². The van der Waals surface area contributed by atoms with Crippen LogP contribution in [0.15, 0.2) is 23.1 Å². The standard InChI is InChI=1S/C12H17NO5S/c1-3-4-7-13-19(16,17)9-5-6-11(18-2)10(8-9)12(14)15/h5-6,8,13H,3-4,7H2,1-2H3,(H,14,15). The molecule has 1 aromatic carbocycles. The molecule has 7 heteroatoms. The Balaban J connectivity index is 3.07. The molecular formula is C12H17NO5S. The average Bonchev–Trinajstić information content (AvgIpc) is 2.38. The number of carboxylic acids is 1. The van der Waals surface area contributed by atoms with E-state index in [-0.39, 0.29) is 16.2 Å². The number of aromatic carboxylic acids is 1. The Kier molecular flexibility index (Phi) is 5.31. The first-order valence-corrected chi connectivity index (χ1v) is 7.31. The normalized spacial score (nSPS) is 11.3. The summed E-state index contributed by atoms with van der Waals surface area (Å²) in [5, 5.41) is 9.01. The summed E-state index contributed by atoms with van der Waals surface area (Å²) in [4.78, 5) is 10.9. The smallest absolute Gasteiger partial charge is 0.339 e. The van der Waals surface area contributed by atoms with Gasteiger partial charge >= 0.3 is 5.97 Å². The maximum absolute atomic E-state index is 11.9. The number of hydrogen-bond donors (Lipinski definition) is 2. The van der Waals surface area contributed by atoms with Crippen LogP contribution >= 0.6 is 0 Å². The van der Waals surface area contributed by atoms with Crippen LogP contribution < -0.4 is 9.46 Å². The van der Waals surface area contributed by atoms with E-state index in [2.05, 4.69) is 4.72 Å². The number of methoxy groups -OCH3 is 1. The van der Waals surface area contributed by atoms with E-state index in [1.54, 1.807) is 0 Å². The van der Waals surface area contributed by atoms with Gasteiger partial charge in [-0.25, -0.2) is 17.9 Å². The lowest BCUT2D eigenvalue weighted by Gasteiger charge is -2.09. The summed E-state index contributed by atoms with van der Waals surface area (Å²) < 4.78 is 31.2. The van der Waals surface area contributed by atoms with Gasteiger partial charge in [0.1, 0.15) is 11.3 Å². The number of hydrogen-bond acceptors (Lipinski definition) is 4. The van der Waals surface area contributed by atoms with Gasteiger partial charge in [0.15, 0.2) is 0 Å². The van der Waals surface area contributed by atoms with Crippen molar-refractivity contribution in [3.63, 3.8) is 0 Å². The molecule has 0 atom stereocenters. The highest BCUT2D eigenvalue weighted by atomic mass is 32.2. The van der Waals surface area contributed by atoms with Crippen LogP contribution in [0.3, 0.4) is 0 Å². The third kappa shape index (κ3) is 3.93. The molecule has 1 rings (SSSR count). The molecule has 0 radical (unpaired) electrons. The summed E-state index contributed by atoms with van der Waals surface area (Å²) in [5.41, 5.74) is -0.180. The fourth-order valence-electron chi connectivity index (χ4n) is 1.49. The number of rotatable bonds is 7. The van der Waals surface area contributed by atoms with Gasteiger partial charge in [-0.2, -0.15) is 0 Å². The molecule has 0 aromatic heterocycles. The summed E-state index contributed by atoms with van der Waals surface area (Å²) in [5.74, 6) is -1.11. The van der Waals surface area contributed by atoms with E-state index in [0.717, 1.165) is 18.9 Å². The highest BCUT2D eigenvalue weighted by Crippen LogP contribution is 2.22. The van der Waals surface area contributed by atoms with E-state index in [0.29, 0.717) is 6.54 Å². The lowest BCUT2D eigenvalue weighted by atomic mass is 10.2. The summed E-state index contributed by atoms with van der Waals surface area (Å²) >= 11 is 0. The minimum Gasteiger partial charge on any atom is -0.496 e. The van der Waals surface area contributed by atoms with Crippen molar-refractivity contribution in [2.75, 3.05) is 13.7 Å². The molecule has 0 heterocycles. The van der Waals surface area contributed by atoms with Crippen molar-refractivity contribution in [3.8, 4) is 5.75 Å². The Morgan fingerprint density at radius 1 is 1.42 bits per heavy atom. The molecule has 106 valence electrons. The molecule has 2 N–H and O–H groups in total. The molecule has 0 aliphatic carbocycles. The first-order chi connectivity index (χ1) is 8.92. The molecule has 0 aliphatic heterocycles. The summed E-state index contributed by atoms with van der Waals surface area (Å²) in [7, 11) is -2.35. The maximum atomic E-state index is 11.9. The molecule has 1 aromatic rings. The van der Waals surface area contributed by atoms with Crippen molar-refractivity contribution in [1.82, 2.24) is 4.72 Å². The van der Waals surface area contributed by atoms with Crippen molar-refractivity contribution >= 4 is 16.0 Å². The number of nitrogens with one attached hydrogen (secondary N) is 1. The summed E-state index contributed by atoms with van der Waals surface area (Å²) in [6, 6.07) is 3.74. The van der Waals surface area contributed by atoms with E-state index in [1.165, 1.54) is 19.2 Å². The Morgan fingerprint density at radius 2 is 2.11 bits per heavy atom. The summed E-state index contributed by atoms with van der Waals surface area (Å²) in [6.45, 7) is 2.28. The number of carboxylic acid groups (broad SMARTS) is 1. The van der Waals surface area contributed by atoms with Gasteiger partial charge in [0, 0.05) is 6.54 Å². The number of unbranched alkanes of at least 4 members (excludes halogenated alkanes) is 1. The van der Waals surface area contributed by atoms with Crippen LogP contribution in [0.4, 0.5) is 0 Å². The van der Waals surface area contributed by atoms with Crippen LogP contribution in [0.5, 0.6) is 5.75 Å². The lowest BCUT2D eigenvalue weighted by Crippen LogP contribution is -2.25. The summed E-state index contributed by atoms with van der Waals surface area (Å²) in [6.07, 6.45) is 1.59. The van der Waals surface area contributed by atoms with E-state index in [9.17, 15) is 13.2 Å². The van der Waals surface area contributed by atoms with Gasteiger partial charge in [-0.3, -0.25) is 0 Å². The number of ether oxygens (including phenoxy) is 1. The fourth-order valence-corrected chi connectivity index (χ4v) is 2.59. The van der Waals surface area contributed by atoms with Crippen molar-refractivity contribution in [2.24, 2.45) is 0 Å². The molecule has 6 nitrogen and oxygen atoms in total. The molecule has 0 amide bonds. The molecule has 0 saturated heterocycles. The zero-order valence-electron chi connectivity index (χ0n) is 10.8. The largest absolute Gasteiger partial charge is 0.496 e. The monoisotopic (exact) mass is 287 g/mol. The molecule has 0 spiro atoms. The Hall–Kier alpha value is -1.60. The Bertz CT molecular complexity index is 553. The van der Waals surface area contributed by atoms with E-state index in [1.807, 2.05) is 6.92 Å². The molecule has 0 saturated carbocycles. The van der Waals surface area contributed by atoms with Gasteiger partial charge in [-0.05, 0) is 24.6 Å². The van der Waals surface area contributed by atoms with Crippen LogP contribution in [-0.4, -0.2) is 33.1 Å². The predicted octanol–water partition coefficient (Wildman–Crippen LogP) is 1.47. The molecular weight excluding hydrogens is 270 g/mol. The van der Waals surface area contributed by atoms with Crippen LogP contribution in [0, 0.1) is 0 Å². The van der Waals surface area contributed by atoms with E-state index >= 15 is 0 Å². The highest BCUT2D eigenvalue weighted by Gasteiger charge is 2.18. The zero-order chi connectivity index (χ0) is 14.5. The maximum Gasteiger partial charge on any atom is 0.339 e. The van der Waals surface area contributed by atoms with Gasteiger partial charge in [-0.1, -0.05) is 13.3 Å². The fraction of sp³-hybridized carbons (Fsp3) is 0.417. The minimum atomic E-state index is -3.68. The second-order valence-electron chi connectivity index (χ2n) is 3.92. The van der Waals surface area contributed by atoms with Gasteiger partial charge < -0.3 is 9.84 Å². The van der Waals surface area contributed by atoms with Crippen molar-refractivity contribution in [3.05, 3.63) is 23.8 Å². The SMILES string of the molecule is CCCCNS(=O)(=O)c1ccc(OC)c(C(=O)O)c1. The van der Waals surface area contributed by atoms with Crippen molar-refractivity contribution in [1.29, 1.82) is 0 Å². The van der Waals surface area contributed by atoms with Gasteiger partial charge in [0.05, 0.1) is 12.0 Å². The van der Waals surface area contributed by atoms with Crippen LogP contribution in [-0.2, 0) is 10.0 Å². The predicted molar refractivity (Wildman–Crippen MR) is 70.0 cm³/mol. The number of benzene rings is 1. The van der Waals surface area contributed by atoms with Crippen LogP contribution in [0.2, 0.25) is 0 Å². The molecule has 0 unspecified atom stereocenters. The van der Waals surface area contributed by atoms with E-state index < -0.39 is 16.0 Å². The Morgan fingerprint density at radius 3 is 2.63 bits per heavy atom. The Labute approximate surface area is 112 Å². The molecule has 0 bridgehead atoms. The lowest BCUT2D eigenvalue weighted by molar-refractivity contribution is 0.0693. The molecule has 0 aliphatic rings.